The molecule has 6 aliphatic rings. The number of cyclic esters (lactones) is 1. The number of hydrogen-bond acceptors (Lipinski definition) is 12. The van der Waals surface area contributed by atoms with Crippen LogP contribution in [0, 0.1) is 28.6 Å². The molecule has 2 heterocycles. The Bertz CT molecular complexity index is 1140. The Labute approximate surface area is 244 Å². The lowest BCUT2D eigenvalue weighted by Gasteiger charge is -2.66. The van der Waals surface area contributed by atoms with Gasteiger partial charge in [0.25, 0.3) is 0 Å². The third-order valence-electron chi connectivity index (χ3n) is 12.2. The zero-order valence-corrected chi connectivity index (χ0v) is 24.3. The molecular weight excluding hydrogens is 552 g/mol. The summed E-state index contributed by atoms with van der Waals surface area (Å²) in [5.74, 6) is -2.51. The zero-order chi connectivity index (χ0) is 30.4. The molecule has 0 amide bonds. The second kappa shape index (κ2) is 10.2. The molecule has 14 atom stereocenters. The summed E-state index contributed by atoms with van der Waals surface area (Å²) in [4.78, 5) is 25.6. The molecule has 6 rings (SSSR count). The van der Waals surface area contributed by atoms with Crippen LogP contribution >= 0.6 is 0 Å². The van der Waals surface area contributed by atoms with Gasteiger partial charge in [0.1, 0.15) is 30.3 Å². The normalized spacial score (nSPS) is 53.8. The number of hydrogen-bond donors (Lipinski definition) is 6. The second-order valence-electron chi connectivity index (χ2n) is 13.9. The van der Waals surface area contributed by atoms with Crippen molar-refractivity contribution < 1.29 is 59.2 Å². The van der Waals surface area contributed by atoms with Gasteiger partial charge in [0.05, 0.1) is 36.6 Å². The Morgan fingerprint density at radius 1 is 1.00 bits per heavy atom. The second-order valence-corrected chi connectivity index (χ2v) is 13.9. The van der Waals surface area contributed by atoms with E-state index in [1.165, 1.54) is 13.2 Å². The van der Waals surface area contributed by atoms with Crippen molar-refractivity contribution in [3.63, 3.8) is 0 Å². The highest BCUT2D eigenvalue weighted by molar-refractivity contribution is 5.85. The van der Waals surface area contributed by atoms with Crippen LogP contribution in [0.1, 0.15) is 65.2 Å². The Hall–Kier alpha value is -1.64. The van der Waals surface area contributed by atoms with Crippen molar-refractivity contribution in [1.29, 1.82) is 0 Å². The molecule has 0 unspecified atom stereocenters. The average Bonchev–Trinajstić information content (AvgIpc) is 3.49. The summed E-state index contributed by atoms with van der Waals surface area (Å²) in [6, 6.07) is 0. The molecule has 0 aromatic rings. The molecule has 0 radical (unpaired) electrons. The van der Waals surface area contributed by atoms with E-state index in [4.69, 9.17) is 18.9 Å². The number of aliphatic hydroxyl groups excluding tert-OH is 4. The van der Waals surface area contributed by atoms with Crippen LogP contribution in [0.2, 0.25) is 0 Å². The van der Waals surface area contributed by atoms with Gasteiger partial charge in [-0.05, 0) is 69.3 Å². The van der Waals surface area contributed by atoms with Crippen LogP contribution in [0.3, 0.4) is 0 Å². The van der Waals surface area contributed by atoms with Gasteiger partial charge in [0.2, 0.25) is 0 Å². The van der Waals surface area contributed by atoms with Crippen molar-refractivity contribution in [2.75, 3.05) is 13.7 Å². The monoisotopic (exact) mass is 596 g/mol. The molecule has 236 valence electrons. The molecule has 0 bridgehead atoms. The number of methoxy groups -OCH3 is 1. The van der Waals surface area contributed by atoms with E-state index in [9.17, 15) is 40.2 Å². The highest BCUT2D eigenvalue weighted by atomic mass is 16.7. The van der Waals surface area contributed by atoms with Gasteiger partial charge in [-0.2, -0.15) is 0 Å². The Balaban J connectivity index is 1.30. The fourth-order valence-corrected chi connectivity index (χ4v) is 10.1. The number of carbonyl (C=O) groups is 2. The summed E-state index contributed by atoms with van der Waals surface area (Å²) in [5, 5.41) is 67.4. The largest absolute Gasteiger partial charge is 0.468 e. The summed E-state index contributed by atoms with van der Waals surface area (Å²) < 4.78 is 22.1. The lowest BCUT2D eigenvalue weighted by atomic mass is 9.40. The maximum Gasteiger partial charge on any atom is 0.331 e. The van der Waals surface area contributed by atoms with Crippen molar-refractivity contribution in [3.05, 3.63) is 11.6 Å². The van der Waals surface area contributed by atoms with Crippen molar-refractivity contribution in [2.45, 2.75) is 119 Å². The van der Waals surface area contributed by atoms with Gasteiger partial charge >= 0.3 is 11.9 Å². The quantitative estimate of drug-likeness (QED) is 0.184. The summed E-state index contributed by atoms with van der Waals surface area (Å²) in [6.45, 7) is 3.67. The minimum atomic E-state index is -1.65. The fraction of sp³-hybridized carbons (Fsp3) is 0.867. The van der Waals surface area contributed by atoms with E-state index in [1.54, 1.807) is 6.92 Å². The third-order valence-corrected chi connectivity index (χ3v) is 12.2. The standard InChI is InChI=1S/C30H44O12/c1-14-22(33)23(34)24(35)25(41-14)42-16-4-8-29(26(36)39-3)21-18(5-7-28(29,37)11-16)30(38)9-6-17(15-10-20(32)40-13-15)27(30,2)12-19(21)31/h10,14,16-19,21-25,31,33-35,37-38H,4-9,11-13H2,1-3H3/t14-,16-,17+,18+,19+,21+,22-,23+,24+,25-,27+,28-,29+,30-/m0/s1. The van der Waals surface area contributed by atoms with Crippen LogP contribution in [0.4, 0.5) is 0 Å². The molecular formula is C30H44O12. The van der Waals surface area contributed by atoms with Crippen molar-refractivity contribution in [3.8, 4) is 0 Å². The van der Waals surface area contributed by atoms with E-state index in [2.05, 4.69) is 0 Å². The van der Waals surface area contributed by atoms with E-state index in [-0.39, 0.29) is 44.6 Å². The average molecular weight is 597 g/mol. The molecule has 5 fully saturated rings. The zero-order valence-electron chi connectivity index (χ0n) is 24.3. The maximum atomic E-state index is 13.8. The number of carbonyl (C=O) groups excluding carboxylic acids is 2. The van der Waals surface area contributed by atoms with Gasteiger partial charge in [0.15, 0.2) is 6.29 Å². The summed E-state index contributed by atoms with van der Waals surface area (Å²) in [6.07, 6.45) is -4.44. The van der Waals surface area contributed by atoms with Crippen LogP contribution in [0.25, 0.3) is 0 Å². The minimum absolute atomic E-state index is 0.0116. The number of esters is 2. The first kappa shape index (κ1) is 30.4. The Morgan fingerprint density at radius 3 is 2.40 bits per heavy atom. The Kier molecular flexibility index (Phi) is 7.38. The van der Waals surface area contributed by atoms with E-state index >= 15 is 0 Å². The van der Waals surface area contributed by atoms with Gasteiger partial charge in [-0.25, -0.2) is 4.79 Å². The maximum absolute atomic E-state index is 13.8. The van der Waals surface area contributed by atoms with E-state index in [0.717, 1.165) is 5.57 Å². The number of rotatable bonds is 4. The number of fused-ring (bicyclic) bond motifs is 5. The molecule has 4 saturated carbocycles. The van der Waals surface area contributed by atoms with Gasteiger partial charge in [-0.1, -0.05) is 6.92 Å². The minimum Gasteiger partial charge on any atom is -0.468 e. The lowest BCUT2D eigenvalue weighted by molar-refractivity contribution is -0.322. The molecule has 42 heavy (non-hydrogen) atoms. The summed E-state index contributed by atoms with van der Waals surface area (Å²) in [7, 11) is 1.26. The van der Waals surface area contributed by atoms with Crippen molar-refractivity contribution in [1.82, 2.24) is 0 Å². The van der Waals surface area contributed by atoms with Crippen LogP contribution in [-0.4, -0.2) is 110 Å². The van der Waals surface area contributed by atoms with Gasteiger partial charge < -0.3 is 49.6 Å². The third kappa shape index (κ3) is 4.02. The fourth-order valence-electron chi connectivity index (χ4n) is 10.1. The van der Waals surface area contributed by atoms with E-state index in [1.807, 2.05) is 6.92 Å². The molecule has 6 N–H and O–H groups in total. The Morgan fingerprint density at radius 2 is 1.74 bits per heavy atom. The highest BCUT2D eigenvalue weighted by Crippen LogP contribution is 2.71. The topological polar surface area (TPSA) is 192 Å². The highest BCUT2D eigenvalue weighted by Gasteiger charge is 2.76. The van der Waals surface area contributed by atoms with Gasteiger partial charge in [-0.3, -0.25) is 4.79 Å². The van der Waals surface area contributed by atoms with Crippen LogP contribution in [-0.2, 0) is 28.5 Å². The van der Waals surface area contributed by atoms with E-state index in [0.29, 0.717) is 19.3 Å². The summed E-state index contributed by atoms with van der Waals surface area (Å²) in [5.41, 5.74) is -4.37. The van der Waals surface area contributed by atoms with Crippen LogP contribution in [0.5, 0.6) is 0 Å². The van der Waals surface area contributed by atoms with Crippen molar-refractivity contribution in [2.24, 2.45) is 28.6 Å². The molecule has 2 aliphatic heterocycles. The SMILES string of the molecule is COC(=O)[C@]12CC[C@H](O[C@@H]3O[C@@H](C)[C@H](O)[C@@H](O)[C@H]3O)C[C@@]1(O)CC[C@@H]1[C@@H]2[C@H](O)C[C@]2(C)[C@@H](C3=CC(=O)OC3)CC[C@]12O. The first-order valence-electron chi connectivity index (χ1n) is 15.2. The number of ether oxygens (including phenoxy) is 4. The molecule has 0 spiro atoms. The molecule has 0 aromatic carbocycles. The number of aliphatic hydroxyl groups is 6. The van der Waals surface area contributed by atoms with Crippen LogP contribution in [0.15, 0.2) is 11.6 Å². The first-order chi connectivity index (χ1) is 19.7. The molecule has 1 saturated heterocycles. The molecule has 12 nitrogen and oxygen atoms in total. The summed E-state index contributed by atoms with van der Waals surface area (Å²) >= 11 is 0. The predicted octanol–water partition coefficient (Wildman–Crippen LogP) is -0.305. The predicted molar refractivity (Wildman–Crippen MR) is 142 cm³/mol. The molecule has 12 heteroatoms. The smallest absolute Gasteiger partial charge is 0.331 e. The lowest BCUT2D eigenvalue weighted by Crippen LogP contribution is -2.73. The van der Waals surface area contributed by atoms with Gasteiger partial charge in [-0.15, -0.1) is 0 Å². The van der Waals surface area contributed by atoms with Crippen LogP contribution < -0.4 is 0 Å². The molecule has 0 aromatic heterocycles. The van der Waals surface area contributed by atoms with Crippen molar-refractivity contribution >= 4 is 11.9 Å². The van der Waals surface area contributed by atoms with Gasteiger partial charge in [0, 0.05) is 23.8 Å². The van der Waals surface area contributed by atoms with E-state index < -0.39 is 88.7 Å². The first-order valence-corrected chi connectivity index (χ1v) is 15.2. The molecule has 4 aliphatic carbocycles.